The van der Waals surface area contributed by atoms with Crippen LogP contribution >= 0.6 is 0 Å². The fraction of sp³-hybridized carbons (Fsp3) is 0.929. The van der Waals surface area contributed by atoms with Crippen LogP contribution in [0.25, 0.3) is 0 Å². The van der Waals surface area contributed by atoms with Crippen LogP contribution in [0, 0.1) is 5.41 Å². The monoisotopic (exact) mass is 289 g/mol. The zero-order valence-electron chi connectivity index (χ0n) is 12.4. The molecule has 1 heterocycles. The van der Waals surface area contributed by atoms with Gasteiger partial charge in [-0.2, -0.15) is 0 Å². The molecule has 4 nitrogen and oxygen atoms in total. The Hall–Kier alpha value is -0.420. The van der Waals surface area contributed by atoms with Crippen molar-refractivity contribution in [2.24, 2.45) is 5.41 Å². The molecule has 0 atom stereocenters. The average Bonchev–Trinajstić information content (AvgIpc) is 2.37. The lowest BCUT2D eigenvalue weighted by molar-refractivity contribution is -0.130. The van der Waals surface area contributed by atoms with Crippen LogP contribution in [0.5, 0.6) is 0 Å². The molecule has 1 aliphatic heterocycles. The molecule has 112 valence electrons. The summed E-state index contributed by atoms with van der Waals surface area (Å²) in [7, 11) is -3.11. The van der Waals surface area contributed by atoms with E-state index in [0.717, 1.165) is 38.8 Å². The molecule has 0 bridgehead atoms. The maximum absolute atomic E-state index is 12.5. The van der Waals surface area contributed by atoms with E-state index in [0.29, 0.717) is 0 Å². The van der Waals surface area contributed by atoms with Gasteiger partial charge in [-0.1, -0.05) is 13.3 Å². The lowest BCUT2D eigenvalue weighted by Crippen LogP contribution is -2.42. The van der Waals surface area contributed by atoms with Crippen molar-refractivity contribution in [3.8, 4) is 0 Å². The Bertz CT molecular complexity index is 389. The standard InChI is InChI=1S/C14H27NO3S/c1-4-6-14(7-9-15-10-8-14)13(16)5-11-19(17,18)12(2)3/h12,15H,4-11H2,1-3H3. The van der Waals surface area contributed by atoms with Gasteiger partial charge in [0, 0.05) is 11.8 Å². The number of carbonyl (C=O) groups is 1. The summed E-state index contributed by atoms with van der Waals surface area (Å²) in [5, 5.41) is 2.88. The van der Waals surface area contributed by atoms with Gasteiger partial charge in [-0.15, -0.1) is 0 Å². The fourth-order valence-electron chi connectivity index (χ4n) is 2.79. The second kappa shape index (κ2) is 6.84. The van der Waals surface area contributed by atoms with Crippen molar-refractivity contribution in [3.63, 3.8) is 0 Å². The van der Waals surface area contributed by atoms with Gasteiger partial charge in [0.2, 0.25) is 0 Å². The molecular weight excluding hydrogens is 262 g/mol. The second-order valence-corrected chi connectivity index (χ2v) is 8.55. The Kier molecular flexibility index (Phi) is 5.99. The molecule has 0 aromatic carbocycles. The quantitative estimate of drug-likeness (QED) is 0.778. The zero-order chi connectivity index (χ0) is 14.5. The van der Waals surface area contributed by atoms with Crippen LogP contribution in [0.3, 0.4) is 0 Å². The molecule has 0 spiro atoms. The van der Waals surface area contributed by atoms with Crippen LogP contribution in [-0.2, 0) is 14.6 Å². The van der Waals surface area contributed by atoms with E-state index < -0.39 is 15.1 Å². The first-order valence-electron chi connectivity index (χ1n) is 7.29. The summed E-state index contributed by atoms with van der Waals surface area (Å²) in [4.78, 5) is 12.5. The number of hydrogen-bond acceptors (Lipinski definition) is 4. The lowest BCUT2D eigenvalue weighted by atomic mass is 9.71. The Labute approximate surface area is 117 Å². The van der Waals surface area contributed by atoms with Gasteiger partial charge in [0.1, 0.15) is 5.78 Å². The molecule has 0 unspecified atom stereocenters. The average molecular weight is 289 g/mol. The molecule has 0 aromatic heterocycles. The first kappa shape index (κ1) is 16.6. The maximum atomic E-state index is 12.5. The first-order chi connectivity index (χ1) is 8.84. The van der Waals surface area contributed by atoms with Crippen molar-refractivity contribution in [2.45, 2.75) is 58.1 Å². The molecule has 1 saturated heterocycles. The van der Waals surface area contributed by atoms with Gasteiger partial charge in [-0.3, -0.25) is 4.79 Å². The first-order valence-corrected chi connectivity index (χ1v) is 9.01. The number of rotatable bonds is 7. The molecular formula is C14H27NO3S. The van der Waals surface area contributed by atoms with Crippen molar-refractivity contribution in [1.29, 1.82) is 0 Å². The fourth-order valence-corrected chi connectivity index (χ4v) is 3.73. The number of Topliss-reactive ketones (excluding diaryl/α,β-unsaturated/α-hetero) is 1. The van der Waals surface area contributed by atoms with E-state index in [4.69, 9.17) is 0 Å². The van der Waals surface area contributed by atoms with Crippen LogP contribution in [0.15, 0.2) is 0 Å². The summed E-state index contributed by atoms with van der Waals surface area (Å²) in [5.74, 6) is 0.155. The number of sulfone groups is 1. The molecule has 0 saturated carbocycles. The Morgan fingerprint density at radius 1 is 1.26 bits per heavy atom. The van der Waals surface area contributed by atoms with E-state index in [1.165, 1.54) is 0 Å². The number of hydrogen-bond donors (Lipinski definition) is 1. The Balaban J connectivity index is 2.68. The van der Waals surface area contributed by atoms with Crippen molar-refractivity contribution in [2.75, 3.05) is 18.8 Å². The van der Waals surface area contributed by atoms with E-state index in [2.05, 4.69) is 12.2 Å². The van der Waals surface area contributed by atoms with Gasteiger partial charge >= 0.3 is 0 Å². The molecule has 0 amide bonds. The summed E-state index contributed by atoms with van der Waals surface area (Å²) < 4.78 is 23.6. The molecule has 19 heavy (non-hydrogen) atoms. The number of ketones is 1. The Morgan fingerprint density at radius 3 is 2.32 bits per heavy atom. The van der Waals surface area contributed by atoms with E-state index in [9.17, 15) is 13.2 Å². The molecule has 1 N–H and O–H groups in total. The summed E-state index contributed by atoms with van der Waals surface area (Å²) in [6, 6.07) is 0. The topological polar surface area (TPSA) is 63.2 Å². The highest BCUT2D eigenvalue weighted by molar-refractivity contribution is 7.91. The molecule has 0 aromatic rings. The van der Waals surface area contributed by atoms with Crippen molar-refractivity contribution < 1.29 is 13.2 Å². The third-order valence-corrected chi connectivity index (χ3v) is 6.42. The largest absolute Gasteiger partial charge is 0.317 e. The normalized spacial score (nSPS) is 19.6. The molecule has 1 aliphatic rings. The van der Waals surface area contributed by atoms with Crippen LogP contribution in [-0.4, -0.2) is 38.3 Å². The summed E-state index contributed by atoms with van der Waals surface area (Å²) in [6.07, 6.45) is 3.74. The van der Waals surface area contributed by atoms with Crippen LogP contribution in [0.4, 0.5) is 0 Å². The van der Waals surface area contributed by atoms with Gasteiger partial charge in [-0.25, -0.2) is 8.42 Å². The van der Waals surface area contributed by atoms with Gasteiger partial charge < -0.3 is 5.32 Å². The van der Waals surface area contributed by atoms with Crippen LogP contribution in [0.1, 0.15) is 52.9 Å². The van der Waals surface area contributed by atoms with Gasteiger partial charge in [-0.05, 0) is 46.2 Å². The smallest absolute Gasteiger partial charge is 0.153 e. The highest BCUT2D eigenvalue weighted by atomic mass is 32.2. The minimum absolute atomic E-state index is 0.00237. The molecule has 5 heteroatoms. The summed E-state index contributed by atoms with van der Waals surface area (Å²) in [5.41, 5.74) is -0.271. The highest BCUT2D eigenvalue weighted by Crippen LogP contribution is 2.36. The van der Waals surface area contributed by atoms with E-state index in [1.807, 2.05) is 0 Å². The zero-order valence-corrected chi connectivity index (χ0v) is 13.2. The summed E-state index contributed by atoms with van der Waals surface area (Å²) in [6.45, 7) is 7.16. The van der Waals surface area contributed by atoms with Crippen LogP contribution < -0.4 is 5.32 Å². The third-order valence-electron chi connectivity index (χ3n) is 4.21. The second-order valence-electron chi connectivity index (χ2n) is 5.87. The molecule has 1 rings (SSSR count). The van der Waals surface area contributed by atoms with Gasteiger partial charge in [0.25, 0.3) is 0 Å². The van der Waals surface area contributed by atoms with Crippen molar-refractivity contribution in [3.05, 3.63) is 0 Å². The predicted molar refractivity (Wildman–Crippen MR) is 78.0 cm³/mol. The van der Waals surface area contributed by atoms with Crippen LogP contribution in [0.2, 0.25) is 0 Å². The van der Waals surface area contributed by atoms with Crippen molar-refractivity contribution >= 4 is 15.6 Å². The molecule has 0 aliphatic carbocycles. The lowest BCUT2D eigenvalue weighted by Gasteiger charge is -2.36. The number of nitrogens with one attached hydrogen (secondary N) is 1. The molecule has 1 fully saturated rings. The minimum atomic E-state index is -3.11. The highest BCUT2D eigenvalue weighted by Gasteiger charge is 2.38. The Morgan fingerprint density at radius 2 is 1.84 bits per heavy atom. The predicted octanol–water partition coefficient (Wildman–Crippen LogP) is 1.94. The number of carbonyl (C=O) groups excluding carboxylic acids is 1. The van der Waals surface area contributed by atoms with E-state index in [-0.39, 0.29) is 23.4 Å². The van der Waals surface area contributed by atoms with Gasteiger partial charge in [0.15, 0.2) is 9.84 Å². The number of piperidine rings is 1. The third kappa shape index (κ3) is 4.28. The van der Waals surface area contributed by atoms with E-state index >= 15 is 0 Å². The minimum Gasteiger partial charge on any atom is -0.317 e. The summed E-state index contributed by atoms with van der Waals surface area (Å²) >= 11 is 0. The van der Waals surface area contributed by atoms with Gasteiger partial charge in [0.05, 0.1) is 11.0 Å². The van der Waals surface area contributed by atoms with E-state index in [1.54, 1.807) is 13.8 Å². The molecule has 0 radical (unpaired) electrons. The van der Waals surface area contributed by atoms with Crippen molar-refractivity contribution in [1.82, 2.24) is 5.32 Å². The maximum Gasteiger partial charge on any atom is 0.153 e. The SMILES string of the molecule is CCCC1(C(=O)CCS(=O)(=O)C(C)C)CCNCC1.